The molecule has 0 radical (unpaired) electrons. The largest absolute Gasteiger partial charge is 0.384 e. The molecule has 3 nitrogen and oxygen atoms in total. The zero-order valence-electron chi connectivity index (χ0n) is 11.4. The van der Waals surface area contributed by atoms with Crippen molar-refractivity contribution in [3.05, 3.63) is 29.3 Å². The molecule has 19 heavy (non-hydrogen) atoms. The van der Waals surface area contributed by atoms with Crippen molar-refractivity contribution in [3.63, 3.8) is 0 Å². The third kappa shape index (κ3) is 2.91. The monoisotopic (exact) mass is 258 g/mol. The summed E-state index contributed by atoms with van der Waals surface area (Å²) in [7, 11) is 0. The van der Waals surface area contributed by atoms with E-state index in [1.54, 1.807) is 0 Å². The van der Waals surface area contributed by atoms with Crippen molar-refractivity contribution in [1.29, 1.82) is 0 Å². The zero-order valence-corrected chi connectivity index (χ0v) is 11.4. The van der Waals surface area contributed by atoms with Crippen molar-refractivity contribution in [2.24, 2.45) is 5.92 Å². The number of carbonyl (C=O) groups excluding carboxylic acids is 1. The summed E-state index contributed by atoms with van der Waals surface area (Å²) in [5.41, 5.74) is 3.23. The molecular weight excluding hydrogens is 236 g/mol. The van der Waals surface area contributed by atoms with E-state index < -0.39 is 0 Å². The SMILES string of the molecule is O=C(NCC1CCCCC1)c1ccc2c(c1)NCC2. The summed E-state index contributed by atoms with van der Waals surface area (Å²) in [5.74, 6) is 0.757. The molecule has 1 saturated carbocycles. The minimum Gasteiger partial charge on any atom is -0.384 e. The zero-order chi connectivity index (χ0) is 13.1. The quantitative estimate of drug-likeness (QED) is 0.875. The van der Waals surface area contributed by atoms with E-state index in [1.165, 1.54) is 37.7 Å². The first kappa shape index (κ1) is 12.5. The van der Waals surface area contributed by atoms with Gasteiger partial charge in [-0.25, -0.2) is 0 Å². The van der Waals surface area contributed by atoms with Crippen LogP contribution in [-0.4, -0.2) is 19.0 Å². The smallest absolute Gasteiger partial charge is 0.251 e. The summed E-state index contributed by atoms with van der Waals surface area (Å²) in [6.45, 7) is 1.83. The molecule has 1 amide bonds. The van der Waals surface area contributed by atoms with Crippen LogP contribution in [0.5, 0.6) is 0 Å². The molecule has 0 saturated heterocycles. The van der Waals surface area contributed by atoms with Crippen molar-refractivity contribution in [2.45, 2.75) is 38.5 Å². The topological polar surface area (TPSA) is 41.1 Å². The lowest BCUT2D eigenvalue weighted by Gasteiger charge is -2.21. The minimum absolute atomic E-state index is 0.0714. The first-order valence-electron chi connectivity index (χ1n) is 7.48. The minimum atomic E-state index is 0.0714. The molecule has 3 heteroatoms. The fourth-order valence-electron chi connectivity index (χ4n) is 3.16. The van der Waals surface area contributed by atoms with E-state index in [2.05, 4.69) is 16.7 Å². The Kier molecular flexibility index (Phi) is 3.72. The summed E-state index contributed by atoms with van der Waals surface area (Å²) >= 11 is 0. The summed E-state index contributed by atoms with van der Waals surface area (Å²) in [5, 5.41) is 6.41. The predicted molar refractivity (Wildman–Crippen MR) is 77.5 cm³/mol. The fourth-order valence-corrected chi connectivity index (χ4v) is 3.16. The van der Waals surface area contributed by atoms with Crippen LogP contribution in [0.2, 0.25) is 0 Å². The van der Waals surface area contributed by atoms with Gasteiger partial charge in [-0.1, -0.05) is 25.3 Å². The van der Waals surface area contributed by atoms with Gasteiger partial charge in [0, 0.05) is 24.3 Å². The molecule has 1 aromatic carbocycles. The molecule has 0 atom stereocenters. The average Bonchev–Trinajstić information content (AvgIpc) is 2.93. The number of anilines is 1. The van der Waals surface area contributed by atoms with Gasteiger partial charge in [0.05, 0.1) is 0 Å². The van der Waals surface area contributed by atoms with Crippen molar-refractivity contribution in [2.75, 3.05) is 18.4 Å². The lowest BCUT2D eigenvalue weighted by molar-refractivity contribution is 0.0943. The number of amides is 1. The molecule has 0 unspecified atom stereocenters. The Labute approximate surface area is 114 Å². The number of hydrogen-bond acceptors (Lipinski definition) is 2. The third-order valence-electron chi connectivity index (χ3n) is 4.36. The number of nitrogens with one attached hydrogen (secondary N) is 2. The maximum atomic E-state index is 12.1. The van der Waals surface area contributed by atoms with Gasteiger partial charge in [0.1, 0.15) is 0 Å². The maximum absolute atomic E-state index is 12.1. The lowest BCUT2D eigenvalue weighted by atomic mass is 9.89. The highest BCUT2D eigenvalue weighted by Crippen LogP contribution is 2.24. The second-order valence-corrected chi connectivity index (χ2v) is 5.76. The Balaban J connectivity index is 1.57. The fraction of sp³-hybridized carbons (Fsp3) is 0.562. The first-order valence-corrected chi connectivity index (χ1v) is 7.48. The molecular formula is C16H22N2O. The molecule has 3 rings (SSSR count). The van der Waals surface area contributed by atoms with E-state index in [0.717, 1.165) is 30.8 Å². The summed E-state index contributed by atoms with van der Waals surface area (Å²) in [4.78, 5) is 12.1. The van der Waals surface area contributed by atoms with Gasteiger partial charge in [-0.2, -0.15) is 0 Å². The van der Waals surface area contributed by atoms with E-state index in [4.69, 9.17) is 0 Å². The Bertz CT molecular complexity index is 464. The van der Waals surface area contributed by atoms with E-state index in [9.17, 15) is 4.79 Å². The molecule has 2 N–H and O–H groups in total. The Morgan fingerprint density at radius 3 is 2.95 bits per heavy atom. The van der Waals surface area contributed by atoms with Crippen LogP contribution in [0.1, 0.15) is 48.0 Å². The van der Waals surface area contributed by atoms with Crippen LogP contribution in [0, 0.1) is 5.92 Å². The van der Waals surface area contributed by atoms with Crippen LogP contribution >= 0.6 is 0 Å². The van der Waals surface area contributed by atoms with E-state index in [0.29, 0.717) is 5.92 Å². The molecule has 1 fully saturated rings. The summed E-state index contributed by atoms with van der Waals surface area (Å²) in [6.07, 6.45) is 7.62. The number of carbonyl (C=O) groups is 1. The molecule has 0 bridgehead atoms. The number of benzene rings is 1. The average molecular weight is 258 g/mol. The normalized spacial score (nSPS) is 18.7. The van der Waals surface area contributed by atoms with E-state index >= 15 is 0 Å². The highest BCUT2D eigenvalue weighted by atomic mass is 16.1. The van der Waals surface area contributed by atoms with Gasteiger partial charge in [0.2, 0.25) is 0 Å². The van der Waals surface area contributed by atoms with Gasteiger partial charge in [-0.05, 0) is 42.9 Å². The maximum Gasteiger partial charge on any atom is 0.251 e. The van der Waals surface area contributed by atoms with Gasteiger partial charge in [-0.15, -0.1) is 0 Å². The number of hydrogen-bond donors (Lipinski definition) is 2. The second kappa shape index (κ2) is 5.64. The van der Waals surface area contributed by atoms with Gasteiger partial charge in [-0.3, -0.25) is 4.79 Å². The molecule has 2 aliphatic rings. The molecule has 0 aromatic heterocycles. The third-order valence-corrected chi connectivity index (χ3v) is 4.36. The number of rotatable bonds is 3. The molecule has 1 heterocycles. The second-order valence-electron chi connectivity index (χ2n) is 5.76. The van der Waals surface area contributed by atoms with E-state index in [-0.39, 0.29) is 5.91 Å². The first-order chi connectivity index (χ1) is 9.33. The highest BCUT2D eigenvalue weighted by molar-refractivity contribution is 5.95. The van der Waals surface area contributed by atoms with E-state index in [1.807, 2.05) is 12.1 Å². The van der Waals surface area contributed by atoms with Gasteiger partial charge in [0.15, 0.2) is 0 Å². The van der Waals surface area contributed by atoms with Gasteiger partial charge >= 0.3 is 0 Å². The van der Waals surface area contributed by atoms with Gasteiger partial charge in [0.25, 0.3) is 5.91 Å². The number of fused-ring (bicyclic) bond motifs is 1. The summed E-state index contributed by atoms with van der Waals surface area (Å²) in [6, 6.07) is 6.01. The Hall–Kier alpha value is -1.51. The van der Waals surface area contributed by atoms with Crippen molar-refractivity contribution < 1.29 is 4.79 Å². The van der Waals surface area contributed by atoms with Crippen molar-refractivity contribution in [3.8, 4) is 0 Å². The molecule has 0 spiro atoms. The molecule has 1 aliphatic carbocycles. The van der Waals surface area contributed by atoms with Gasteiger partial charge < -0.3 is 10.6 Å². The van der Waals surface area contributed by atoms with Crippen LogP contribution in [0.3, 0.4) is 0 Å². The standard InChI is InChI=1S/C16H22N2O/c19-16(18-11-12-4-2-1-3-5-12)14-7-6-13-8-9-17-15(13)10-14/h6-7,10,12,17H,1-5,8-9,11H2,(H,18,19). The molecule has 1 aliphatic heterocycles. The Morgan fingerprint density at radius 2 is 2.11 bits per heavy atom. The molecule has 1 aromatic rings. The van der Waals surface area contributed by atoms with Crippen LogP contribution < -0.4 is 10.6 Å². The van der Waals surface area contributed by atoms with Crippen LogP contribution in [0.25, 0.3) is 0 Å². The van der Waals surface area contributed by atoms with Crippen molar-refractivity contribution in [1.82, 2.24) is 5.32 Å². The lowest BCUT2D eigenvalue weighted by Crippen LogP contribution is -2.30. The molecule has 102 valence electrons. The van der Waals surface area contributed by atoms with Crippen LogP contribution in [0.4, 0.5) is 5.69 Å². The Morgan fingerprint density at radius 1 is 1.26 bits per heavy atom. The highest BCUT2D eigenvalue weighted by Gasteiger charge is 2.16. The van der Waals surface area contributed by atoms with Crippen LogP contribution in [-0.2, 0) is 6.42 Å². The van der Waals surface area contributed by atoms with Crippen LogP contribution in [0.15, 0.2) is 18.2 Å². The van der Waals surface area contributed by atoms with Crippen molar-refractivity contribution >= 4 is 11.6 Å². The predicted octanol–water partition coefficient (Wildman–Crippen LogP) is 2.96. The summed E-state index contributed by atoms with van der Waals surface area (Å²) < 4.78 is 0.